The van der Waals surface area contributed by atoms with Gasteiger partial charge in [-0.15, -0.1) is 0 Å². The number of carbonyl (C=O) groups excluding carboxylic acids is 3. The van der Waals surface area contributed by atoms with E-state index in [1.54, 1.807) is 42.6 Å². The van der Waals surface area contributed by atoms with Crippen LogP contribution in [0.1, 0.15) is 33.6 Å². The van der Waals surface area contributed by atoms with Gasteiger partial charge in [0.15, 0.2) is 11.5 Å². The first-order chi connectivity index (χ1) is 15.2. The molecule has 0 atom stereocenters. The lowest BCUT2D eigenvalue weighted by atomic mass is 10.1. The Hall–Kier alpha value is -3.62. The smallest absolute Gasteiger partial charge is 0.240 e. The number of pyridine rings is 1. The van der Waals surface area contributed by atoms with Gasteiger partial charge in [0, 0.05) is 36.3 Å². The predicted octanol–water partition coefficient (Wildman–Crippen LogP) is 2.52. The normalized spacial score (nSPS) is 12.6. The van der Waals surface area contributed by atoms with Gasteiger partial charge in [-0.2, -0.15) is 0 Å². The largest absolute Gasteiger partial charge is 0.486 e. The average molecular weight is 441 g/mol. The third-order valence-corrected chi connectivity index (χ3v) is 4.45. The van der Waals surface area contributed by atoms with Crippen LogP contribution in [0.25, 0.3) is 0 Å². The third kappa shape index (κ3) is 6.69. The molecule has 0 radical (unpaired) electrons. The van der Waals surface area contributed by atoms with Gasteiger partial charge in [-0.05, 0) is 45.0 Å². The van der Waals surface area contributed by atoms with E-state index in [2.05, 4.69) is 15.6 Å². The summed E-state index contributed by atoms with van der Waals surface area (Å²) in [7, 11) is 0. The molecule has 0 bridgehead atoms. The molecule has 0 saturated carbocycles. The van der Waals surface area contributed by atoms with Gasteiger partial charge < -0.3 is 25.0 Å². The van der Waals surface area contributed by atoms with E-state index in [1.165, 1.54) is 4.90 Å². The number of carbonyl (C=O) groups is 3. The lowest BCUT2D eigenvalue weighted by Crippen LogP contribution is -2.47. The lowest BCUT2D eigenvalue weighted by molar-refractivity contribution is -0.125. The highest BCUT2D eigenvalue weighted by molar-refractivity contribution is 6.01. The summed E-state index contributed by atoms with van der Waals surface area (Å²) in [5.74, 6) is 0.508. The van der Waals surface area contributed by atoms with Crippen LogP contribution in [0.15, 0.2) is 42.6 Å². The van der Waals surface area contributed by atoms with Crippen LogP contribution >= 0.6 is 0 Å². The maximum absolute atomic E-state index is 13.0. The number of ether oxygens (including phenoxy) is 2. The zero-order chi connectivity index (χ0) is 23.1. The van der Waals surface area contributed by atoms with Gasteiger partial charge in [0.1, 0.15) is 25.6 Å². The number of benzene rings is 1. The van der Waals surface area contributed by atoms with Crippen molar-refractivity contribution >= 4 is 29.2 Å². The number of nitrogens with one attached hydrogen (secondary N) is 2. The summed E-state index contributed by atoms with van der Waals surface area (Å²) in [6.07, 6.45) is 1.45. The van der Waals surface area contributed by atoms with Gasteiger partial charge in [-0.3, -0.25) is 14.4 Å². The second-order valence-corrected chi connectivity index (χ2v) is 8.37. The summed E-state index contributed by atoms with van der Waals surface area (Å²) in [6.45, 7) is 6.27. The summed E-state index contributed by atoms with van der Waals surface area (Å²) in [5.41, 5.74) is 0.0506. The first-order valence-electron chi connectivity index (χ1n) is 10.4. The average Bonchev–Trinajstić information content (AvgIpc) is 2.75. The number of hydrogen-bond donors (Lipinski definition) is 2. The number of fused-ring (bicyclic) bond motifs is 1. The molecule has 9 nitrogen and oxygen atoms in total. The van der Waals surface area contributed by atoms with Crippen LogP contribution in [0.4, 0.5) is 11.5 Å². The molecule has 170 valence electrons. The van der Waals surface area contributed by atoms with Crippen LogP contribution in [0.2, 0.25) is 0 Å². The number of rotatable bonds is 7. The highest BCUT2D eigenvalue weighted by Gasteiger charge is 2.24. The van der Waals surface area contributed by atoms with Crippen LogP contribution in [0.5, 0.6) is 11.5 Å². The van der Waals surface area contributed by atoms with E-state index in [-0.39, 0.29) is 37.1 Å². The molecule has 1 aliphatic rings. The molecule has 2 aromatic rings. The van der Waals surface area contributed by atoms with E-state index < -0.39 is 5.54 Å². The molecule has 0 spiro atoms. The Morgan fingerprint density at radius 2 is 1.75 bits per heavy atom. The SMILES string of the molecule is CC(C)(C)NC(=O)CN(C(=O)CCC(=O)Nc1ccccn1)c1ccc2c(c1)OCCO2. The number of aromatic nitrogens is 1. The van der Waals surface area contributed by atoms with Crippen molar-refractivity contribution in [1.82, 2.24) is 10.3 Å². The second kappa shape index (κ2) is 10.1. The third-order valence-electron chi connectivity index (χ3n) is 4.45. The van der Waals surface area contributed by atoms with Crippen molar-refractivity contribution in [1.29, 1.82) is 0 Å². The van der Waals surface area contributed by atoms with Crippen molar-refractivity contribution in [2.45, 2.75) is 39.2 Å². The van der Waals surface area contributed by atoms with Crippen molar-refractivity contribution < 1.29 is 23.9 Å². The molecule has 32 heavy (non-hydrogen) atoms. The maximum atomic E-state index is 13.0. The van der Waals surface area contributed by atoms with Crippen molar-refractivity contribution in [2.75, 3.05) is 30.0 Å². The van der Waals surface area contributed by atoms with Crippen molar-refractivity contribution in [3.05, 3.63) is 42.6 Å². The van der Waals surface area contributed by atoms with Crippen LogP contribution in [0, 0.1) is 0 Å². The van der Waals surface area contributed by atoms with Crippen LogP contribution < -0.4 is 25.0 Å². The van der Waals surface area contributed by atoms with Crippen LogP contribution in [-0.2, 0) is 14.4 Å². The Labute approximate surface area is 187 Å². The molecule has 1 aliphatic heterocycles. The molecule has 3 rings (SSSR count). The Bertz CT molecular complexity index is 972. The predicted molar refractivity (Wildman–Crippen MR) is 120 cm³/mol. The molecule has 0 unspecified atom stereocenters. The van der Waals surface area contributed by atoms with Crippen molar-refractivity contribution in [3.63, 3.8) is 0 Å². The second-order valence-electron chi connectivity index (χ2n) is 8.37. The summed E-state index contributed by atoms with van der Waals surface area (Å²) < 4.78 is 11.1. The minimum absolute atomic E-state index is 0.0443. The fourth-order valence-electron chi connectivity index (χ4n) is 3.12. The monoisotopic (exact) mass is 440 g/mol. The highest BCUT2D eigenvalue weighted by Crippen LogP contribution is 2.34. The molecule has 3 amide bonds. The fourth-order valence-corrected chi connectivity index (χ4v) is 3.12. The molecular weight excluding hydrogens is 412 g/mol. The van der Waals surface area contributed by atoms with E-state index in [1.807, 2.05) is 20.8 Å². The van der Waals surface area contributed by atoms with Gasteiger partial charge in [0.25, 0.3) is 0 Å². The van der Waals surface area contributed by atoms with Crippen molar-refractivity contribution in [3.8, 4) is 11.5 Å². The zero-order valence-corrected chi connectivity index (χ0v) is 18.5. The lowest BCUT2D eigenvalue weighted by Gasteiger charge is -2.27. The zero-order valence-electron chi connectivity index (χ0n) is 18.5. The molecule has 0 saturated heterocycles. The van der Waals surface area contributed by atoms with E-state index in [0.29, 0.717) is 36.2 Å². The number of anilines is 2. The Morgan fingerprint density at radius 3 is 2.44 bits per heavy atom. The van der Waals surface area contributed by atoms with Gasteiger partial charge in [-0.25, -0.2) is 4.98 Å². The first kappa shape index (κ1) is 23.1. The van der Waals surface area contributed by atoms with E-state index >= 15 is 0 Å². The summed E-state index contributed by atoms with van der Waals surface area (Å²) in [5, 5.41) is 5.51. The maximum Gasteiger partial charge on any atom is 0.240 e. The van der Waals surface area contributed by atoms with E-state index in [0.717, 1.165) is 0 Å². The number of nitrogens with zero attached hydrogens (tertiary/aromatic N) is 2. The molecule has 0 fully saturated rings. The molecule has 2 N–H and O–H groups in total. The molecule has 9 heteroatoms. The number of hydrogen-bond acceptors (Lipinski definition) is 6. The topological polar surface area (TPSA) is 110 Å². The minimum atomic E-state index is -0.443. The summed E-state index contributed by atoms with van der Waals surface area (Å²) in [6, 6.07) is 10.2. The van der Waals surface area contributed by atoms with Crippen LogP contribution in [-0.4, -0.2) is 48.0 Å². The number of amides is 3. The fraction of sp³-hybridized carbons (Fsp3) is 0.391. The summed E-state index contributed by atoms with van der Waals surface area (Å²) >= 11 is 0. The van der Waals surface area contributed by atoms with Gasteiger partial charge in [0.2, 0.25) is 17.7 Å². The molecule has 0 aliphatic carbocycles. The molecule has 1 aromatic carbocycles. The van der Waals surface area contributed by atoms with Gasteiger partial charge in [-0.1, -0.05) is 6.07 Å². The molecular formula is C23H28N4O5. The standard InChI is InChI=1S/C23H28N4O5/c1-23(2,3)26-21(29)15-27(16-7-8-17-18(14-16)32-13-12-31-17)22(30)10-9-20(28)25-19-6-4-5-11-24-19/h4-8,11,14H,9-10,12-13,15H2,1-3H3,(H,26,29)(H,24,25,28). The minimum Gasteiger partial charge on any atom is -0.486 e. The Kier molecular flexibility index (Phi) is 7.29. The molecule has 2 heterocycles. The molecule has 1 aromatic heterocycles. The first-order valence-corrected chi connectivity index (χ1v) is 10.4. The quantitative estimate of drug-likeness (QED) is 0.685. The van der Waals surface area contributed by atoms with Gasteiger partial charge >= 0.3 is 0 Å². The summed E-state index contributed by atoms with van der Waals surface area (Å²) in [4.78, 5) is 43.2. The van der Waals surface area contributed by atoms with E-state index in [9.17, 15) is 14.4 Å². The van der Waals surface area contributed by atoms with Crippen LogP contribution in [0.3, 0.4) is 0 Å². The Balaban J connectivity index is 1.71. The highest BCUT2D eigenvalue weighted by atomic mass is 16.6. The van der Waals surface area contributed by atoms with E-state index in [4.69, 9.17) is 9.47 Å². The Morgan fingerprint density at radius 1 is 1.00 bits per heavy atom. The van der Waals surface area contributed by atoms with Crippen molar-refractivity contribution in [2.24, 2.45) is 0 Å². The van der Waals surface area contributed by atoms with Gasteiger partial charge in [0.05, 0.1) is 0 Å².